The molecule has 79 heavy (non-hydrogen) atoms. The monoisotopic (exact) mass is 1180 g/mol. The van der Waals surface area contributed by atoms with Crippen LogP contribution in [0.4, 0.5) is 0 Å². The van der Waals surface area contributed by atoms with Crippen LogP contribution in [-0.2, 0) is 61.3 Å². The van der Waals surface area contributed by atoms with E-state index in [9.17, 15) is 81.7 Å². The number of ether oxygens (including phenoxy) is 12. The Hall–Kier alpha value is -1.37. The van der Waals surface area contributed by atoms with E-state index in [1.807, 2.05) is 33.9 Å². The van der Waals surface area contributed by atoms with E-state index in [0.717, 1.165) is 4.90 Å². The first-order chi connectivity index (χ1) is 37.4. The summed E-state index contributed by atoms with van der Waals surface area (Å²) in [5.74, 6) is -0.0365. The van der Waals surface area contributed by atoms with E-state index in [1.54, 1.807) is 30.3 Å². The number of rotatable bonds is 10. The Morgan fingerprint density at radius 2 is 0.646 bits per heavy atom. The summed E-state index contributed by atoms with van der Waals surface area (Å²) < 4.78 is 78.9. The Bertz CT molecular complexity index is 2050. The van der Waals surface area contributed by atoms with Crippen LogP contribution in [0.5, 0.6) is 0 Å². The summed E-state index contributed by atoms with van der Waals surface area (Å²) in [6, 6.07) is 8.94. The molecule has 16 saturated heterocycles. The Morgan fingerprint density at radius 3 is 0.924 bits per heavy atom. The molecule has 29 nitrogen and oxygen atoms in total. The van der Waals surface area contributed by atoms with Gasteiger partial charge in [-0.15, -0.1) is 11.8 Å². The van der Waals surface area contributed by atoms with Crippen LogP contribution in [0.3, 0.4) is 0 Å². The molecule has 16 N–H and O–H groups in total. The van der Waals surface area contributed by atoms with Crippen molar-refractivity contribution in [2.75, 3.05) is 38.8 Å². The zero-order chi connectivity index (χ0) is 57.6. The van der Waals surface area contributed by atoms with Crippen LogP contribution in [0.15, 0.2) is 35.2 Å². The molecule has 12 bridgehead atoms. The number of thioether (sulfide) groups is 1. The summed E-state index contributed by atoms with van der Waals surface area (Å²) in [5, 5.41) is 180. The molecule has 31 heteroatoms. The average Bonchev–Trinajstić information content (AvgIpc) is 3.51. The van der Waals surface area contributed by atoms with Crippen LogP contribution in [0.2, 0.25) is 18.1 Å². The molecular weight excluding hydrogens is 1100 g/mol. The van der Waals surface area contributed by atoms with Gasteiger partial charge in [-0.1, -0.05) is 39.0 Å². The summed E-state index contributed by atoms with van der Waals surface area (Å²) in [7, 11) is -3.02. The van der Waals surface area contributed by atoms with Gasteiger partial charge in [0.05, 0.1) is 39.1 Å². The minimum atomic E-state index is -3.02. The van der Waals surface area contributed by atoms with Gasteiger partial charge in [0.1, 0.15) is 140 Å². The zero-order valence-electron chi connectivity index (χ0n) is 43.8. The van der Waals surface area contributed by atoms with Crippen molar-refractivity contribution in [3.05, 3.63) is 30.3 Å². The van der Waals surface area contributed by atoms with E-state index in [0.29, 0.717) is 0 Å². The third-order valence-corrected chi connectivity index (χ3v) is 21.4. The molecule has 17 rings (SSSR count). The van der Waals surface area contributed by atoms with Crippen molar-refractivity contribution in [3.8, 4) is 0 Å². The number of aliphatic hydroxyl groups excluding tert-OH is 16. The van der Waals surface area contributed by atoms with Crippen molar-refractivity contribution in [1.82, 2.24) is 0 Å². The summed E-state index contributed by atoms with van der Waals surface area (Å²) >= 11 is 1.24. The van der Waals surface area contributed by atoms with Crippen LogP contribution >= 0.6 is 11.8 Å². The molecule has 16 fully saturated rings. The maximum atomic E-state index is 12.7. The van der Waals surface area contributed by atoms with Crippen molar-refractivity contribution in [3.63, 3.8) is 0 Å². The highest BCUT2D eigenvalue weighted by Gasteiger charge is 2.60. The van der Waals surface area contributed by atoms with Gasteiger partial charge < -0.3 is 143 Å². The van der Waals surface area contributed by atoms with Crippen molar-refractivity contribution < 1.29 is 143 Å². The zero-order valence-corrected chi connectivity index (χ0v) is 45.6. The van der Waals surface area contributed by atoms with E-state index in [-0.39, 0.29) is 5.75 Å². The lowest BCUT2D eigenvalue weighted by Gasteiger charge is -2.52. The largest absolute Gasteiger partial charge is 0.406 e. The third-order valence-electron chi connectivity index (χ3n) is 15.9. The van der Waals surface area contributed by atoms with E-state index in [2.05, 4.69) is 0 Å². The molecule has 0 aliphatic carbocycles. The first kappa shape index (κ1) is 63.6. The first-order valence-corrected chi connectivity index (χ1v) is 30.0. The normalized spacial score (nSPS) is 48.6. The van der Waals surface area contributed by atoms with E-state index in [4.69, 9.17) is 61.3 Å². The molecule has 0 saturated carbocycles. The number of hydrogen-bond acceptors (Lipinski definition) is 30. The lowest BCUT2D eigenvalue weighted by atomic mass is 9.95. The van der Waals surface area contributed by atoms with E-state index >= 15 is 0 Å². The fourth-order valence-electron chi connectivity index (χ4n) is 10.2. The number of aliphatic hydroxyl groups is 16. The molecule has 0 radical (unpaired) electrons. The van der Waals surface area contributed by atoms with Crippen LogP contribution in [0, 0.1) is 0 Å². The molecule has 16 aliphatic rings. The smallest absolute Gasteiger partial charge is 0.192 e. The second-order valence-electron chi connectivity index (χ2n) is 22.1. The van der Waals surface area contributed by atoms with Crippen LogP contribution < -0.4 is 0 Å². The van der Waals surface area contributed by atoms with Crippen molar-refractivity contribution in [2.24, 2.45) is 0 Å². The van der Waals surface area contributed by atoms with E-state index < -0.39 is 231 Å². The Labute approximate surface area is 459 Å². The lowest BCUT2D eigenvalue weighted by Crippen LogP contribution is -2.69. The van der Waals surface area contributed by atoms with Gasteiger partial charge in [-0.05, 0) is 30.3 Å². The highest BCUT2D eigenvalue weighted by atomic mass is 32.2. The molecule has 30 atom stereocenters. The highest BCUT2D eigenvalue weighted by molar-refractivity contribution is 7.99. The predicted molar refractivity (Wildman–Crippen MR) is 262 cm³/mol. The number of hydrogen-bond donors (Lipinski definition) is 16. The molecule has 0 aromatic heterocycles. The van der Waals surface area contributed by atoms with Crippen LogP contribution in [0.1, 0.15) is 20.8 Å². The van der Waals surface area contributed by atoms with Gasteiger partial charge in [-0.2, -0.15) is 0 Å². The highest BCUT2D eigenvalue weighted by Crippen LogP contribution is 2.43. The van der Waals surface area contributed by atoms with E-state index in [1.165, 1.54) is 11.8 Å². The van der Waals surface area contributed by atoms with Crippen LogP contribution in [0.25, 0.3) is 0 Å². The summed E-state index contributed by atoms with van der Waals surface area (Å²) in [6.45, 7) is 4.61. The fourth-order valence-corrected chi connectivity index (χ4v) is 12.5. The predicted octanol–water partition coefficient (Wildman–Crippen LogP) is -7.23. The fraction of sp³-hybridized carbons (Fsp3) is 0.875. The minimum Gasteiger partial charge on any atom is -0.406 e. The van der Waals surface area contributed by atoms with Gasteiger partial charge in [-0.3, -0.25) is 0 Å². The molecule has 16 aliphatic heterocycles. The Kier molecular flexibility index (Phi) is 21.3. The third kappa shape index (κ3) is 13.2. The van der Waals surface area contributed by atoms with Gasteiger partial charge in [0.2, 0.25) is 0 Å². The quantitative estimate of drug-likeness (QED) is 0.0764. The second kappa shape index (κ2) is 26.5. The summed E-state index contributed by atoms with van der Waals surface area (Å²) in [6.07, 6.45) is -55.7. The molecule has 454 valence electrons. The maximum Gasteiger partial charge on any atom is 0.192 e. The summed E-state index contributed by atoms with van der Waals surface area (Å²) in [4.78, 5) is 0.730. The SMILES string of the molecule is CC(C)(C)[Si](C)(C)O[C@H]1[C@H]2O[C@H]3[C@H](O)[C@@H](O)[C@@H](O[C@H]4[C@H](O)[C@@H](O)[C@@H](O[C@H]5[C@H](O)[C@@H](O)[C@@H](O[C@H]6[C@H](O)[C@@H](O)[C@@H](O[C@H]7[C@H](O)[C@@H](O)[C@@H](O[C@@H]([C@@H]1O)[C@@H](CSc1ccccc1)O2)O[C@@H]7CO)O[C@@H]6CO)O[C@@H]5CO)O[C@@H]4CO)O[C@@H]3CO. The van der Waals surface area contributed by atoms with Gasteiger partial charge in [0.25, 0.3) is 0 Å². The van der Waals surface area contributed by atoms with Gasteiger partial charge in [0.15, 0.2) is 46.1 Å². The molecule has 1 aromatic rings. The molecule has 0 spiro atoms. The summed E-state index contributed by atoms with van der Waals surface area (Å²) in [5.41, 5.74) is 0. The molecular formula is C48H78O29SSi. The molecule has 1 aromatic carbocycles. The topological polar surface area (TPSA) is 444 Å². The average molecular weight is 1180 g/mol. The molecule has 16 heterocycles. The van der Waals surface area contributed by atoms with Gasteiger partial charge in [0, 0.05) is 10.6 Å². The molecule has 0 amide bonds. The minimum absolute atomic E-state index is 0.0365. The van der Waals surface area contributed by atoms with Gasteiger partial charge >= 0.3 is 0 Å². The Morgan fingerprint density at radius 1 is 0.380 bits per heavy atom. The van der Waals surface area contributed by atoms with Crippen LogP contribution in [-0.4, -0.2) is 313 Å². The number of benzene rings is 1. The Balaban J connectivity index is 1.16. The maximum absolute atomic E-state index is 12.7. The standard InChI is InChI=1S/C48H78O29SSi/c1-48(2,3)79(4,5)77-41-34(64)40-23(16-78-17-9-7-6-8-10-17)70-47(41)76-39-22(15-53)69-45(33(63)28(39)58)74-37-20(13-51)67-43(31(61)26(37)56)72-35-18(11-49)65-42(29(59)24(35)54)71-36-19(12-50)66-44(30(60)25(36)55)73-38-21(14-52)68-46(75-40)32(62)27(38)57/h6-10,18-47,49-64H,11-16H2,1-5H3/t18-,19-,20-,21-,22-,23-,24-,25-,26-,27-,28-,29-,30-,31-,32-,33-,34+,35-,36-,37-,38-,39-,40-,41-,42-,43-,44-,45-,46-,47-/m1/s1. The van der Waals surface area contributed by atoms with Crippen molar-refractivity contribution in [2.45, 2.75) is 228 Å². The first-order valence-electron chi connectivity index (χ1n) is 26.1. The van der Waals surface area contributed by atoms with Crippen molar-refractivity contribution in [1.29, 1.82) is 0 Å². The molecule has 0 unspecified atom stereocenters. The van der Waals surface area contributed by atoms with Crippen molar-refractivity contribution >= 4 is 20.1 Å². The lowest BCUT2D eigenvalue weighted by molar-refractivity contribution is -0.402. The second-order valence-corrected chi connectivity index (χ2v) is 28.0. The van der Waals surface area contributed by atoms with Gasteiger partial charge in [-0.25, -0.2) is 0 Å².